The van der Waals surface area contributed by atoms with Crippen molar-refractivity contribution in [1.82, 2.24) is 10.2 Å². The van der Waals surface area contributed by atoms with Gasteiger partial charge in [0, 0.05) is 19.5 Å². The number of hydrogen-bond acceptors (Lipinski definition) is 2. The maximum atomic E-state index is 13.0. The third kappa shape index (κ3) is 2.95. The third-order valence-corrected chi connectivity index (χ3v) is 5.88. The maximum Gasteiger partial charge on any atom is 0.248 e. The van der Waals surface area contributed by atoms with Gasteiger partial charge in [0.25, 0.3) is 0 Å². The van der Waals surface area contributed by atoms with Crippen LogP contribution < -0.4 is 5.32 Å². The van der Waals surface area contributed by atoms with Crippen molar-refractivity contribution in [3.05, 3.63) is 0 Å². The molecule has 0 aromatic heterocycles. The van der Waals surface area contributed by atoms with Crippen molar-refractivity contribution in [3.8, 4) is 0 Å². The monoisotopic (exact) mass is 292 g/mol. The first-order valence-corrected chi connectivity index (χ1v) is 8.61. The standard InChI is InChI=1S/C17H28N2O2/c1-12-5-3-4-6-13(12)11-19-10-9-15(20)18-17(2,16(19)21)14-7-8-14/h12-14H,3-11H2,1-2H3,(H,18,20). The molecule has 3 fully saturated rings. The van der Waals surface area contributed by atoms with Gasteiger partial charge < -0.3 is 10.2 Å². The lowest BCUT2D eigenvalue weighted by Crippen LogP contribution is -2.57. The van der Waals surface area contributed by atoms with Gasteiger partial charge in [-0.15, -0.1) is 0 Å². The van der Waals surface area contributed by atoms with Crippen molar-refractivity contribution < 1.29 is 9.59 Å². The molecule has 118 valence electrons. The highest BCUT2D eigenvalue weighted by atomic mass is 16.2. The first-order chi connectivity index (χ1) is 10.0. The van der Waals surface area contributed by atoms with Crippen LogP contribution in [0.25, 0.3) is 0 Å². The lowest BCUT2D eigenvalue weighted by atomic mass is 9.80. The molecule has 0 radical (unpaired) electrons. The first-order valence-electron chi connectivity index (χ1n) is 8.61. The van der Waals surface area contributed by atoms with E-state index < -0.39 is 5.54 Å². The molecule has 4 heteroatoms. The van der Waals surface area contributed by atoms with Gasteiger partial charge in [-0.05, 0) is 43.9 Å². The number of amides is 2. The number of carbonyl (C=O) groups excluding carboxylic acids is 2. The van der Waals surface area contributed by atoms with Crippen LogP contribution in [-0.4, -0.2) is 35.3 Å². The number of rotatable bonds is 3. The molecule has 2 amide bonds. The van der Waals surface area contributed by atoms with E-state index in [9.17, 15) is 9.59 Å². The maximum absolute atomic E-state index is 13.0. The molecule has 1 heterocycles. The lowest BCUT2D eigenvalue weighted by molar-refractivity contribution is -0.140. The molecule has 3 aliphatic rings. The van der Waals surface area contributed by atoms with Crippen molar-refractivity contribution >= 4 is 11.8 Å². The van der Waals surface area contributed by atoms with Crippen LogP contribution in [0.3, 0.4) is 0 Å². The Morgan fingerprint density at radius 3 is 2.57 bits per heavy atom. The Morgan fingerprint density at radius 2 is 1.90 bits per heavy atom. The minimum atomic E-state index is -0.647. The van der Waals surface area contributed by atoms with Crippen LogP contribution in [-0.2, 0) is 9.59 Å². The van der Waals surface area contributed by atoms with Crippen molar-refractivity contribution in [2.75, 3.05) is 13.1 Å². The second-order valence-electron chi connectivity index (χ2n) is 7.55. The third-order valence-electron chi connectivity index (χ3n) is 5.88. The van der Waals surface area contributed by atoms with Gasteiger partial charge in [-0.3, -0.25) is 9.59 Å². The minimum Gasteiger partial charge on any atom is -0.342 e. The Hall–Kier alpha value is -1.06. The molecule has 1 saturated heterocycles. The van der Waals surface area contributed by atoms with E-state index >= 15 is 0 Å². The average Bonchev–Trinajstić information content (AvgIpc) is 3.28. The smallest absolute Gasteiger partial charge is 0.248 e. The van der Waals surface area contributed by atoms with Crippen LogP contribution in [0.5, 0.6) is 0 Å². The van der Waals surface area contributed by atoms with Crippen molar-refractivity contribution in [1.29, 1.82) is 0 Å². The predicted octanol–water partition coefficient (Wildman–Crippen LogP) is 2.33. The van der Waals surface area contributed by atoms with Crippen LogP contribution >= 0.6 is 0 Å². The SMILES string of the molecule is CC1CCCCC1CN1CCC(=O)NC(C)(C2CC2)C1=O. The number of hydrogen-bond donors (Lipinski definition) is 1. The predicted molar refractivity (Wildman–Crippen MR) is 81.6 cm³/mol. The fourth-order valence-electron chi connectivity index (χ4n) is 4.13. The molecule has 2 aliphatic carbocycles. The van der Waals surface area contributed by atoms with Crippen LogP contribution in [0.2, 0.25) is 0 Å². The summed E-state index contributed by atoms with van der Waals surface area (Å²) in [6.07, 6.45) is 7.71. The van der Waals surface area contributed by atoms with Gasteiger partial charge in [-0.1, -0.05) is 26.2 Å². The summed E-state index contributed by atoms with van der Waals surface area (Å²) < 4.78 is 0. The highest BCUT2D eigenvalue weighted by molar-refractivity contribution is 5.93. The number of carbonyl (C=O) groups is 2. The summed E-state index contributed by atoms with van der Waals surface area (Å²) in [5.74, 6) is 1.86. The molecule has 2 saturated carbocycles. The fourth-order valence-corrected chi connectivity index (χ4v) is 4.13. The van der Waals surface area contributed by atoms with E-state index in [2.05, 4.69) is 12.2 Å². The highest BCUT2D eigenvalue weighted by Gasteiger charge is 2.51. The Labute approximate surface area is 127 Å². The van der Waals surface area contributed by atoms with Crippen LogP contribution in [0.4, 0.5) is 0 Å². The summed E-state index contributed by atoms with van der Waals surface area (Å²) in [4.78, 5) is 27.0. The topological polar surface area (TPSA) is 49.4 Å². The van der Waals surface area contributed by atoms with Gasteiger partial charge in [0.1, 0.15) is 5.54 Å². The van der Waals surface area contributed by atoms with Crippen LogP contribution in [0.15, 0.2) is 0 Å². The molecule has 3 rings (SSSR count). The van der Waals surface area contributed by atoms with Crippen LogP contribution in [0.1, 0.15) is 58.8 Å². The van der Waals surface area contributed by atoms with Crippen molar-refractivity contribution in [3.63, 3.8) is 0 Å². The molecular weight excluding hydrogens is 264 g/mol. The molecule has 4 nitrogen and oxygen atoms in total. The van der Waals surface area contributed by atoms with E-state index in [1.807, 2.05) is 11.8 Å². The number of nitrogens with one attached hydrogen (secondary N) is 1. The highest BCUT2D eigenvalue weighted by Crippen LogP contribution is 2.41. The molecule has 0 spiro atoms. The summed E-state index contributed by atoms with van der Waals surface area (Å²) in [5, 5.41) is 3.02. The van der Waals surface area contributed by atoms with Gasteiger partial charge in [-0.25, -0.2) is 0 Å². The summed E-state index contributed by atoms with van der Waals surface area (Å²) in [6.45, 7) is 5.69. The first kappa shape index (κ1) is 14.9. The second-order valence-corrected chi connectivity index (χ2v) is 7.55. The lowest BCUT2D eigenvalue weighted by Gasteiger charge is -2.37. The number of nitrogens with zero attached hydrogens (tertiary/aromatic N) is 1. The fraction of sp³-hybridized carbons (Fsp3) is 0.882. The molecule has 3 atom stereocenters. The van der Waals surface area contributed by atoms with Crippen molar-refractivity contribution in [2.45, 2.75) is 64.3 Å². The molecule has 1 N–H and O–H groups in total. The van der Waals surface area contributed by atoms with E-state index in [0.717, 1.165) is 19.4 Å². The normalized spacial score (nSPS) is 38.1. The zero-order valence-electron chi connectivity index (χ0n) is 13.4. The van der Waals surface area contributed by atoms with Gasteiger partial charge in [0.05, 0.1) is 0 Å². The quantitative estimate of drug-likeness (QED) is 0.868. The van der Waals surface area contributed by atoms with E-state index in [1.54, 1.807) is 0 Å². The second kappa shape index (κ2) is 5.62. The molecule has 1 aliphatic heterocycles. The Bertz CT molecular complexity index is 433. The molecule has 21 heavy (non-hydrogen) atoms. The van der Waals surface area contributed by atoms with E-state index in [1.165, 1.54) is 25.7 Å². The van der Waals surface area contributed by atoms with Crippen LogP contribution in [0, 0.1) is 17.8 Å². The molecule has 3 unspecified atom stereocenters. The molecule has 0 aromatic rings. The van der Waals surface area contributed by atoms with Gasteiger partial charge in [0.2, 0.25) is 11.8 Å². The molecular formula is C17H28N2O2. The van der Waals surface area contributed by atoms with E-state index in [4.69, 9.17) is 0 Å². The average molecular weight is 292 g/mol. The zero-order valence-corrected chi connectivity index (χ0v) is 13.4. The summed E-state index contributed by atoms with van der Waals surface area (Å²) >= 11 is 0. The van der Waals surface area contributed by atoms with Crippen molar-refractivity contribution in [2.24, 2.45) is 17.8 Å². The van der Waals surface area contributed by atoms with Gasteiger partial charge in [-0.2, -0.15) is 0 Å². The van der Waals surface area contributed by atoms with E-state index in [0.29, 0.717) is 30.7 Å². The summed E-state index contributed by atoms with van der Waals surface area (Å²) in [5.41, 5.74) is -0.647. The Kier molecular flexibility index (Phi) is 3.98. The molecule has 0 bridgehead atoms. The van der Waals surface area contributed by atoms with E-state index in [-0.39, 0.29) is 11.8 Å². The largest absolute Gasteiger partial charge is 0.342 e. The van der Waals surface area contributed by atoms with Gasteiger partial charge >= 0.3 is 0 Å². The Balaban J connectivity index is 1.74. The van der Waals surface area contributed by atoms with Gasteiger partial charge in [0.15, 0.2) is 0 Å². The zero-order chi connectivity index (χ0) is 15.0. The Morgan fingerprint density at radius 1 is 1.19 bits per heavy atom. The molecule has 0 aromatic carbocycles. The summed E-state index contributed by atoms with van der Waals surface area (Å²) in [7, 11) is 0. The minimum absolute atomic E-state index is 0.0388. The summed E-state index contributed by atoms with van der Waals surface area (Å²) in [6, 6.07) is 0.